The third-order valence-electron chi connectivity index (χ3n) is 2.03. The number of rotatable bonds is 4. The molecule has 6 nitrogen and oxygen atoms in total. The molecule has 1 heterocycles. The summed E-state index contributed by atoms with van der Waals surface area (Å²) >= 11 is 0. The van der Waals surface area contributed by atoms with Crippen LogP contribution in [0.25, 0.3) is 0 Å². The van der Waals surface area contributed by atoms with Crippen LogP contribution in [0.15, 0.2) is 6.07 Å². The summed E-state index contributed by atoms with van der Waals surface area (Å²) < 4.78 is 49.7. The fourth-order valence-electron chi connectivity index (χ4n) is 1.29. The fourth-order valence-corrected chi connectivity index (χ4v) is 1.29. The lowest BCUT2D eigenvalue weighted by atomic mass is 10.2. The molecule has 0 bridgehead atoms. The van der Waals surface area contributed by atoms with Crippen LogP contribution in [0.2, 0.25) is 0 Å². The second-order valence-electron chi connectivity index (χ2n) is 3.24. The smallest absolute Gasteiger partial charge is 0.496 e. The first-order valence-corrected chi connectivity index (χ1v) is 4.94. The van der Waals surface area contributed by atoms with E-state index in [9.17, 15) is 18.0 Å². The Morgan fingerprint density at radius 3 is 2.47 bits per heavy atom. The third kappa shape index (κ3) is 3.71. The lowest BCUT2D eigenvalue weighted by Crippen LogP contribution is -2.21. The average Bonchev–Trinajstić information content (AvgIpc) is 2.34. The van der Waals surface area contributed by atoms with Gasteiger partial charge in [-0.15, -0.1) is 13.2 Å². The number of pyridine rings is 1. The van der Waals surface area contributed by atoms with Gasteiger partial charge in [0, 0.05) is 12.6 Å². The lowest BCUT2D eigenvalue weighted by molar-refractivity contribution is -0.276. The number of methoxy groups -OCH3 is 2. The molecule has 1 rings (SSSR count). The molecule has 2 N–H and O–H groups in total. The fraction of sp³-hybridized carbons (Fsp3) is 0.400. The molecule has 0 spiro atoms. The Balaban J connectivity index is 3.41. The molecule has 0 radical (unpaired) electrons. The zero-order valence-corrected chi connectivity index (χ0v) is 10.1. The number of carbonyl (C=O) groups is 1. The average molecular weight is 280 g/mol. The lowest BCUT2D eigenvalue weighted by Gasteiger charge is -2.15. The number of aromatic nitrogens is 1. The van der Waals surface area contributed by atoms with E-state index in [2.05, 4.69) is 14.5 Å². The normalized spacial score (nSPS) is 11.1. The minimum absolute atomic E-state index is 0.0729. The summed E-state index contributed by atoms with van der Waals surface area (Å²) in [5.41, 5.74) is 4.81. The molecule has 0 atom stereocenters. The van der Waals surface area contributed by atoms with E-state index in [0.29, 0.717) is 0 Å². The molecule has 1 aromatic heterocycles. The van der Waals surface area contributed by atoms with Crippen molar-refractivity contribution in [2.24, 2.45) is 5.73 Å². The van der Waals surface area contributed by atoms with Gasteiger partial charge in [0.1, 0.15) is 5.75 Å². The van der Waals surface area contributed by atoms with E-state index < -0.39 is 23.8 Å². The van der Waals surface area contributed by atoms with Gasteiger partial charge in [0.2, 0.25) is 5.88 Å². The van der Waals surface area contributed by atoms with Crippen LogP contribution in [0.4, 0.5) is 13.2 Å². The molecule has 0 aliphatic rings. The van der Waals surface area contributed by atoms with Crippen molar-refractivity contribution in [3.8, 4) is 11.6 Å². The molecule has 0 aliphatic heterocycles. The molecular formula is C10H11F3N2O4. The number of carbonyl (C=O) groups excluding carboxylic acids is 1. The van der Waals surface area contributed by atoms with Crippen molar-refractivity contribution in [1.82, 2.24) is 4.98 Å². The van der Waals surface area contributed by atoms with Crippen molar-refractivity contribution >= 4 is 5.97 Å². The minimum atomic E-state index is -5.01. The van der Waals surface area contributed by atoms with E-state index in [1.807, 2.05) is 0 Å². The van der Waals surface area contributed by atoms with Crippen molar-refractivity contribution in [3.63, 3.8) is 0 Å². The van der Waals surface area contributed by atoms with Gasteiger partial charge < -0.3 is 19.9 Å². The highest BCUT2D eigenvalue weighted by atomic mass is 19.4. The minimum Gasteiger partial charge on any atom is -0.496 e. The van der Waals surface area contributed by atoms with E-state index >= 15 is 0 Å². The van der Waals surface area contributed by atoms with Gasteiger partial charge in [-0.3, -0.25) is 0 Å². The van der Waals surface area contributed by atoms with Crippen LogP contribution in [0.1, 0.15) is 16.1 Å². The summed E-state index contributed by atoms with van der Waals surface area (Å²) in [5, 5.41) is 0. The van der Waals surface area contributed by atoms with E-state index in [4.69, 9.17) is 10.5 Å². The number of ether oxygens (including phenoxy) is 3. The molecule has 106 valence electrons. The summed E-state index contributed by atoms with van der Waals surface area (Å²) in [6.07, 6.45) is -5.01. The van der Waals surface area contributed by atoms with Crippen molar-refractivity contribution in [3.05, 3.63) is 17.3 Å². The van der Waals surface area contributed by atoms with Gasteiger partial charge in [0.05, 0.1) is 19.9 Å². The first kappa shape index (κ1) is 15.0. The Labute approximate surface area is 106 Å². The first-order valence-electron chi connectivity index (χ1n) is 4.94. The van der Waals surface area contributed by atoms with Crippen molar-refractivity contribution in [2.45, 2.75) is 12.9 Å². The number of nitrogens with two attached hydrogens (primary N) is 1. The molecule has 19 heavy (non-hydrogen) atoms. The topological polar surface area (TPSA) is 83.7 Å². The summed E-state index contributed by atoms with van der Waals surface area (Å²) in [6, 6.07) is 1.23. The number of nitrogens with zero attached hydrogens (tertiary/aromatic N) is 1. The summed E-state index contributed by atoms with van der Waals surface area (Å²) in [7, 11) is 2.19. The second-order valence-corrected chi connectivity index (χ2v) is 3.24. The highest BCUT2D eigenvalue weighted by Gasteiger charge is 2.35. The number of hydrogen-bond donors (Lipinski definition) is 1. The summed E-state index contributed by atoms with van der Waals surface area (Å²) in [4.78, 5) is 15.0. The predicted octanol–water partition coefficient (Wildman–Crippen LogP) is 1.23. The SMILES string of the molecule is COC(=O)c1c(OC)cc(CN)nc1OC(F)(F)F. The number of esters is 1. The Morgan fingerprint density at radius 2 is 2.05 bits per heavy atom. The zero-order chi connectivity index (χ0) is 14.6. The van der Waals surface area contributed by atoms with Crippen LogP contribution in [-0.2, 0) is 11.3 Å². The maximum absolute atomic E-state index is 12.3. The van der Waals surface area contributed by atoms with Gasteiger partial charge in [-0.1, -0.05) is 0 Å². The molecular weight excluding hydrogens is 269 g/mol. The highest BCUT2D eigenvalue weighted by molar-refractivity contribution is 5.95. The first-order chi connectivity index (χ1) is 8.82. The van der Waals surface area contributed by atoms with E-state index in [1.165, 1.54) is 13.2 Å². The molecule has 0 amide bonds. The summed E-state index contributed by atoms with van der Waals surface area (Å²) in [5.74, 6) is -2.19. The molecule has 0 aromatic carbocycles. The summed E-state index contributed by atoms with van der Waals surface area (Å²) in [6.45, 7) is -0.147. The Kier molecular flexibility index (Phi) is 4.54. The standard InChI is InChI=1S/C10H11F3N2O4/c1-17-6-3-5(4-14)15-8(19-10(11,12)13)7(6)9(16)18-2/h3H,4,14H2,1-2H3. The highest BCUT2D eigenvalue weighted by Crippen LogP contribution is 2.32. The molecule has 0 unspecified atom stereocenters. The number of alkyl halides is 3. The maximum atomic E-state index is 12.3. The van der Waals surface area contributed by atoms with E-state index in [0.717, 1.165) is 7.11 Å². The van der Waals surface area contributed by atoms with Crippen molar-refractivity contribution < 1.29 is 32.2 Å². The van der Waals surface area contributed by atoms with Gasteiger partial charge in [0.25, 0.3) is 0 Å². The Hall–Kier alpha value is -2.03. The Bertz CT molecular complexity index is 477. The number of hydrogen-bond acceptors (Lipinski definition) is 6. The van der Waals surface area contributed by atoms with Crippen molar-refractivity contribution in [1.29, 1.82) is 0 Å². The predicted molar refractivity (Wildman–Crippen MR) is 56.7 cm³/mol. The Morgan fingerprint density at radius 1 is 1.42 bits per heavy atom. The monoisotopic (exact) mass is 280 g/mol. The van der Waals surface area contributed by atoms with Crippen LogP contribution in [0.5, 0.6) is 11.6 Å². The van der Waals surface area contributed by atoms with E-state index in [-0.39, 0.29) is 18.0 Å². The van der Waals surface area contributed by atoms with Crippen LogP contribution in [-0.4, -0.2) is 31.5 Å². The van der Waals surface area contributed by atoms with Gasteiger partial charge in [-0.2, -0.15) is 0 Å². The number of halogens is 3. The largest absolute Gasteiger partial charge is 0.574 e. The van der Waals surface area contributed by atoms with Crippen LogP contribution < -0.4 is 15.2 Å². The molecule has 9 heteroatoms. The second kappa shape index (κ2) is 5.74. The molecule has 0 saturated heterocycles. The molecule has 0 saturated carbocycles. The molecule has 1 aromatic rings. The zero-order valence-electron chi connectivity index (χ0n) is 10.1. The third-order valence-corrected chi connectivity index (χ3v) is 2.03. The van der Waals surface area contributed by atoms with Gasteiger partial charge in [0.15, 0.2) is 5.56 Å². The van der Waals surface area contributed by atoms with Crippen molar-refractivity contribution in [2.75, 3.05) is 14.2 Å². The van der Waals surface area contributed by atoms with Crippen LogP contribution >= 0.6 is 0 Å². The molecule has 0 fully saturated rings. The maximum Gasteiger partial charge on any atom is 0.574 e. The molecule has 0 aliphatic carbocycles. The van der Waals surface area contributed by atoms with E-state index in [1.54, 1.807) is 0 Å². The van der Waals surface area contributed by atoms with Gasteiger partial charge >= 0.3 is 12.3 Å². The quantitative estimate of drug-likeness (QED) is 0.835. The van der Waals surface area contributed by atoms with Crippen LogP contribution in [0.3, 0.4) is 0 Å². The van der Waals surface area contributed by atoms with Crippen LogP contribution in [0, 0.1) is 0 Å². The van der Waals surface area contributed by atoms with Gasteiger partial charge in [-0.05, 0) is 0 Å². The van der Waals surface area contributed by atoms with Gasteiger partial charge in [-0.25, -0.2) is 9.78 Å².